The number of nitrogens with one attached hydrogen (secondary N) is 1. The van der Waals surface area contributed by atoms with Crippen molar-refractivity contribution in [3.05, 3.63) is 53.9 Å². The van der Waals surface area contributed by atoms with Gasteiger partial charge in [0.15, 0.2) is 5.82 Å². The van der Waals surface area contributed by atoms with Crippen molar-refractivity contribution in [2.45, 2.75) is 6.61 Å². The van der Waals surface area contributed by atoms with E-state index in [-0.39, 0.29) is 18.3 Å². The first-order chi connectivity index (χ1) is 15.0. The molecule has 0 radical (unpaired) electrons. The summed E-state index contributed by atoms with van der Waals surface area (Å²) < 4.78 is 5.77. The van der Waals surface area contributed by atoms with Crippen LogP contribution in [-0.2, 0) is 6.61 Å². The highest BCUT2D eigenvalue weighted by Gasteiger charge is 2.47. The normalized spacial score (nSPS) is 16.3. The molecule has 9 heteroatoms. The molecule has 156 valence electrons. The molecule has 0 atom stereocenters. The lowest BCUT2D eigenvalue weighted by molar-refractivity contribution is 0.121. The van der Waals surface area contributed by atoms with Crippen molar-refractivity contribution >= 4 is 17.3 Å². The summed E-state index contributed by atoms with van der Waals surface area (Å²) in [5.74, 6) is 0.847. The van der Waals surface area contributed by atoms with Crippen LogP contribution in [0.25, 0.3) is 11.3 Å². The van der Waals surface area contributed by atoms with Gasteiger partial charge in [-0.15, -0.1) is 0 Å². The molecular weight excluding hydrogens is 392 g/mol. The summed E-state index contributed by atoms with van der Waals surface area (Å²) in [7, 11) is 0. The maximum atomic E-state index is 9.71. The second kappa shape index (κ2) is 7.41. The Kier molecular flexibility index (Phi) is 4.56. The average Bonchev–Trinajstić information content (AvgIpc) is 2.71. The smallest absolute Gasteiger partial charge is 0.258 e. The average molecular weight is 414 g/mol. The van der Waals surface area contributed by atoms with Gasteiger partial charge in [0.1, 0.15) is 18.5 Å². The molecule has 5 N–H and O–H groups in total. The Labute approximate surface area is 179 Å². The van der Waals surface area contributed by atoms with Gasteiger partial charge in [-0.05, 0) is 29.8 Å². The lowest BCUT2D eigenvalue weighted by atomic mass is 9.74. The van der Waals surface area contributed by atoms with Crippen LogP contribution >= 0.6 is 0 Å². The number of nitrogen functional groups attached to an aromatic ring is 2. The zero-order valence-corrected chi connectivity index (χ0v) is 16.9. The Balaban J connectivity index is 1.36. The molecule has 2 aromatic heterocycles. The van der Waals surface area contributed by atoms with Crippen LogP contribution in [0, 0.1) is 16.7 Å². The number of aromatic nitrogens is 3. The number of nitrogens with two attached hydrogens (primary N) is 2. The van der Waals surface area contributed by atoms with E-state index in [4.69, 9.17) is 16.2 Å². The Hall–Kier alpha value is -3.90. The van der Waals surface area contributed by atoms with Gasteiger partial charge in [-0.2, -0.15) is 5.26 Å². The molecule has 2 aliphatic rings. The van der Waals surface area contributed by atoms with E-state index in [1.54, 1.807) is 24.5 Å². The molecule has 1 aromatic carbocycles. The molecule has 2 saturated heterocycles. The maximum absolute atomic E-state index is 9.71. The highest BCUT2D eigenvalue weighted by Crippen LogP contribution is 2.39. The fraction of sp³-hybridized carbons (Fsp3) is 0.273. The third-order valence-electron chi connectivity index (χ3n) is 5.79. The molecule has 9 nitrogen and oxygen atoms in total. The zero-order valence-electron chi connectivity index (χ0n) is 16.9. The van der Waals surface area contributed by atoms with E-state index in [0.717, 1.165) is 43.0 Å². The monoisotopic (exact) mass is 414 g/mol. The van der Waals surface area contributed by atoms with Gasteiger partial charge in [-0.3, -0.25) is 0 Å². The highest BCUT2D eigenvalue weighted by atomic mass is 16.5. The quantitative estimate of drug-likeness (QED) is 0.567. The largest absolute Gasteiger partial charge is 0.470 e. The fourth-order valence-corrected chi connectivity index (χ4v) is 4.06. The third-order valence-corrected chi connectivity index (χ3v) is 5.79. The maximum Gasteiger partial charge on any atom is 0.258 e. The number of nitrogens with zero attached hydrogens (tertiary/aromatic N) is 5. The molecular formula is C22H22N8O. The Morgan fingerprint density at radius 1 is 1.16 bits per heavy atom. The first-order valence-electron chi connectivity index (χ1n) is 10.0. The summed E-state index contributed by atoms with van der Waals surface area (Å²) >= 11 is 0. The summed E-state index contributed by atoms with van der Waals surface area (Å²) in [6.07, 6.45) is 3.20. The van der Waals surface area contributed by atoms with Gasteiger partial charge in [0.2, 0.25) is 0 Å². The lowest BCUT2D eigenvalue weighted by Crippen LogP contribution is -2.71. The van der Waals surface area contributed by atoms with E-state index >= 15 is 0 Å². The number of nitriles is 1. The highest BCUT2D eigenvalue weighted by molar-refractivity contribution is 5.71. The van der Waals surface area contributed by atoms with Crippen LogP contribution in [0.5, 0.6) is 5.88 Å². The number of hydrogen-bond acceptors (Lipinski definition) is 9. The van der Waals surface area contributed by atoms with Gasteiger partial charge >= 0.3 is 0 Å². The van der Waals surface area contributed by atoms with Crippen molar-refractivity contribution in [1.82, 2.24) is 20.3 Å². The second-order valence-corrected chi connectivity index (χ2v) is 8.13. The summed E-state index contributed by atoms with van der Waals surface area (Å²) in [5.41, 5.74) is 15.8. The predicted molar refractivity (Wildman–Crippen MR) is 117 cm³/mol. The summed E-state index contributed by atoms with van der Waals surface area (Å²) in [6.45, 7) is 4.31. The fourth-order valence-electron chi connectivity index (χ4n) is 4.06. The third kappa shape index (κ3) is 3.58. The molecule has 2 aliphatic heterocycles. The molecule has 0 saturated carbocycles. The summed E-state index contributed by atoms with van der Waals surface area (Å²) in [6, 6.07) is 11.6. The second-order valence-electron chi connectivity index (χ2n) is 8.13. The number of pyridine rings is 1. The zero-order chi connectivity index (χ0) is 21.4. The predicted octanol–water partition coefficient (Wildman–Crippen LogP) is 1.56. The van der Waals surface area contributed by atoms with E-state index < -0.39 is 0 Å². The van der Waals surface area contributed by atoms with Crippen LogP contribution in [0.1, 0.15) is 11.1 Å². The summed E-state index contributed by atoms with van der Waals surface area (Å²) in [4.78, 5) is 15.0. The van der Waals surface area contributed by atoms with E-state index in [9.17, 15) is 5.26 Å². The Morgan fingerprint density at radius 2 is 2.00 bits per heavy atom. The molecule has 0 aliphatic carbocycles. The minimum atomic E-state index is 0.197. The van der Waals surface area contributed by atoms with Gasteiger partial charge < -0.3 is 26.4 Å². The van der Waals surface area contributed by atoms with Crippen molar-refractivity contribution < 1.29 is 4.74 Å². The molecule has 0 bridgehead atoms. The molecule has 1 spiro atoms. The van der Waals surface area contributed by atoms with Crippen LogP contribution in [0.15, 0.2) is 42.7 Å². The molecule has 31 heavy (non-hydrogen) atoms. The molecule has 2 fully saturated rings. The first-order valence-corrected chi connectivity index (χ1v) is 10.0. The molecule has 0 amide bonds. The molecule has 5 rings (SSSR count). The van der Waals surface area contributed by atoms with E-state index in [0.29, 0.717) is 22.5 Å². The minimum Gasteiger partial charge on any atom is -0.470 e. The van der Waals surface area contributed by atoms with Crippen molar-refractivity contribution in [2.75, 3.05) is 42.5 Å². The lowest BCUT2D eigenvalue weighted by Gasteiger charge is -2.57. The van der Waals surface area contributed by atoms with Crippen LogP contribution in [0.4, 0.5) is 17.3 Å². The van der Waals surface area contributed by atoms with Gasteiger partial charge in [0.05, 0.1) is 23.1 Å². The van der Waals surface area contributed by atoms with Gasteiger partial charge in [0.25, 0.3) is 5.88 Å². The number of hydrogen-bond donors (Lipinski definition) is 3. The standard InChI is InChI=1S/C22H22N8O/c23-7-16-6-15(1-2-18(16)30-12-22(13-30)10-26-11-22)17-8-28-20(25)21(29-17)31-9-14-3-4-27-19(24)5-14/h1-6,8,26H,9-13H2,(H2,24,27)(H2,25,28). The van der Waals surface area contributed by atoms with Gasteiger partial charge in [-0.25, -0.2) is 15.0 Å². The number of rotatable bonds is 5. The van der Waals surface area contributed by atoms with E-state index in [2.05, 4.69) is 31.2 Å². The molecule has 3 aromatic rings. The van der Waals surface area contributed by atoms with Gasteiger partial charge in [-0.1, -0.05) is 6.07 Å². The number of benzene rings is 1. The topological polar surface area (TPSA) is 139 Å². The van der Waals surface area contributed by atoms with Crippen molar-refractivity contribution in [3.8, 4) is 23.2 Å². The first kappa shape index (κ1) is 19.1. The van der Waals surface area contributed by atoms with Crippen LogP contribution in [0.3, 0.4) is 0 Å². The Bertz CT molecular complexity index is 1180. The SMILES string of the molecule is N#Cc1cc(-c2cnc(N)c(OCc3ccnc(N)c3)n2)ccc1N1CC2(CNC2)C1. The van der Waals surface area contributed by atoms with Gasteiger partial charge in [0, 0.05) is 43.4 Å². The molecule has 4 heterocycles. The van der Waals surface area contributed by atoms with E-state index in [1.807, 2.05) is 18.2 Å². The van der Waals surface area contributed by atoms with Crippen molar-refractivity contribution in [1.29, 1.82) is 5.26 Å². The summed E-state index contributed by atoms with van der Waals surface area (Å²) in [5, 5.41) is 13.0. The van der Waals surface area contributed by atoms with Crippen LogP contribution < -0.4 is 26.4 Å². The number of ether oxygens (including phenoxy) is 1. The molecule has 0 unspecified atom stereocenters. The minimum absolute atomic E-state index is 0.197. The van der Waals surface area contributed by atoms with E-state index in [1.165, 1.54) is 0 Å². The van der Waals surface area contributed by atoms with Crippen molar-refractivity contribution in [3.63, 3.8) is 0 Å². The Morgan fingerprint density at radius 3 is 2.71 bits per heavy atom. The van der Waals surface area contributed by atoms with Crippen LogP contribution in [-0.4, -0.2) is 41.1 Å². The van der Waals surface area contributed by atoms with Crippen molar-refractivity contribution in [2.24, 2.45) is 5.41 Å². The number of anilines is 3. The van der Waals surface area contributed by atoms with Crippen LogP contribution in [0.2, 0.25) is 0 Å².